The van der Waals surface area contributed by atoms with Crippen molar-refractivity contribution in [1.82, 2.24) is 0 Å². The van der Waals surface area contributed by atoms with E-state index in [2.05, 4.69) is 6.92 Å². The summed E-state index contributed by atoms with van der Waals surface area (Å²) in [6.45, 7) is 2.09. The molecular formula is C14H20O5S. The molecule has 0 fully saturated rings. The second-order valence-electron chi connectivity index (χ2n) is 4.78. The molecule has 0 spiro atoms. The predicted molar refractivity (Wildman–Crippen MR) is 75.4 cm³/mol. The molecule has 5 nitrogen and oxygen atoms in total. The smallest absolute Gasteiger partial charge is 0.310 e. The van der Waals surface area contributed by atoms with E-state index in [0.717, 1.165) is 25.7 Å². The normalized spacial score (nSPS) is 13.1. The summed E-state index contributed by atoms with van der Waals surface area (Å²) in [7, 11) is -4.24. The third kappa shape index (κ3) is 4.94. The number of carboxylic acid groups (broad SMARTS) is 1. The second kappa shape index (κ2) is 7.40. The Morgan fingerprint density at radius 2 is 1.75 bits per heavy atom. The lowest BCUT2D eigenvalue weighted by molar-refractivity contribution is -0.139. The quantitative estimate of drug-likeness (QED) is 0.568. The molecule has 0 aliphatic rings. The SMILES string of the molecule is CCCCCCC(C(=O)O)c1ccc(S(=O)(=O)O)cc1. The monoisotopic (exact) mass is 300 g/mol. The van der Waals surface area contributed by atoms with Gasteiger partial charge in [-0.15, -0.1) is 0 Å². The van der Waals surface area contributed by atoms with Crippen LogP contribution >= 0.6 is 0 Å². The molecular weight excluding hydrogens is 280 g/mol. The van der Waals surface area contributed by atoms with Crippen molar-refractivity contribution in [3.8, 4) is 0 Å². The Hall–Kier alpha value is -1.40. The molecule has 20 heavy (non-hydrogen) atoms. The van der Waals surface area contributed by atoms with Crippen LogP contribution in [0.2, 0.25) is 0 Å². The van der Waals surface area contributed by atoms with Crippen LogP contribution in [0.4, 0.5) is 0 Å². The van der Waals surface area contributed by atoms with Crippen LogP contribution in [-0.2, 0) is 14.9 Å². The second-order valence-corrected chi connectivity index (χ2v) is 6.21. The summed E-state index contributed by atoms with van der Waals surface area (Å²) < 4.78 is 30.7. The molecule has 0 amide bonds. The van der Waals surface area contributed by atoms with Crippen LogP contribution in [0.15, 0.2) is 29.2 Å². The average molecular weight is 300 g/mol. The minimum Gasteiger partial charge on any atom is -0.481 e. The standard InChI is InChI=1S/C14H20O5S/c1-2-3-4-5-6-13(14(15)16)11-7-9-12(10-8-11)20(17,18)19/h7-10,13H,2-6H2,1H3,(H,15,16)(H,17,18,19). The summed E-state index contributed by atoms with van der Waals surface area (Å²) in [6.07, 6.45) is 4.50. The molecule has 1 rings (SSSR count). The highest BCUT2D eigenvalue weighted by Crippen LogP contribution is 2.24. The van der Waals surface area contributed by atoms with E-state index in [4.69, 9.17) is 4.55 Å². The number of hydrogen-bond donors (Lipinski definition) is 2. The maximum Gasteiger partial charge on any atom is 0.310 e. The van der Waals surface area contributed by atoms with E-state index in [1.165, 1.54) is 24.3 Å². The summed E-state index contributed by atoms with van der Waals surface area (Å²) in [5.74, 6) is -1.55. The lowest BCUT2D eigenvalue weighted by Crippen LogP contribution is -2.12. The highest BCUT2D eigenvalue weighted by molar-refractivity contribution is 7.85. The number of benzene rings is 1. The first-order valence-corrected chi connectivity index (χ1v) is 8.10. The van der Waals surface area contributed by atoms with Gasteiger partial charge in [0.05, 0.1) is 10.8 Å². The largest absolute Gasteiger partial charge is 0.481 e. The van der Waals surface area contributed by atoms with Crippen LogP contribution in [0.1, 0.15) is 50.5 Å². The Labute approximate surface area is 119 Å². The summed E-state index contributed by atoms with van der Waals surface area (Å²) in [5.41, 5.74) is 0.557. The molecule has 0 heterocycles. The van der Waals surface area contributed by atoms with Gasteiger partial charge in [-0.3, -0.25) is 9.35 Å². The van der Waals surface area contributed by atoms with Gasteiger partial charge in [0.1, 0.15) is 0 Å². The van der Waals surface area contributed by atoms with Crippen LogP contribution in [0.25, 0.3) is 0 Å². The van der Waals surface area contributed by atoms with Crippen LogP contribution in [0.3, 0.4) is 0 Å². The van der Waals surface area contributed by atoms with Crippen LogP contribution in [-0.4, -0.2) is 24.0 Å². The van der Waals surface area contributed by atoms with E-state index in [0.29, 0.717) is 12.0 Å². The third-order valence-corrected chi connectivity index (χ3v) is 4.09. The van der Waals surface area contributed by atoms with Crippen LogP contribution in [0, 0.1) is 0 Å². The van der Waals surface area contributed by atoms with Gasteiger partial charge in [0.25, 0.3) is 10.1 Å². The molecule has 2 N–H and O–H groups in total. The first kappa shape index (κ1) is 16.7. The van der Waals surface area contributed by atoms with Crippen molar-refractivity contribution in [3.63, 3.8) is 0 Å². The van der Waals surface area contributed by atoms with E-state index in [1.807, 2.05) is 0 Å². The first-order chi connectivity index (χ1) is 9.36. The number of aliphatic carboxylic acids is 1. The zero-order valence-electron chi connectivity index (χ0n) is 11.4. The van der Waals surface area contributed by atoms with Gasteiger partial charge in [-0.2, -0.15) is 8.42 Å². The highest BCUT2D eigenvalue weighted by Gasteiger charge is 2.20. The zero-order chi connectivity index (χ0) is 15.2. The Kier molecular flexibility index (Phi) is 6.16. The number of hydrogen-bond acceptors (Lipinski definition) is 3. The van der Waals surface area contributed by atoms with Gasteiger partial charge in [0.15, 0.2) is 0 Å². The van der Waals surface area contributed by atoms with E-state index in [-0.39, 0.29) is 4.90 Å². The van der Waals surface area contributed by atoms with Crippen molar-refractivity contribution in [2.45, 2.75) is 49.8 Å². The number of carbonyl (C=O) groups is 1. The van der Waals surface area contributed by atoms with Crippen molar-refractivity contribution in [3.05, 3.63) is 29.8 Å². The maximum absolute atomic E-state index is 11.3. The molecule has 0 aliphatic heterocycles. The molecule has 0 saturated carbocycles. The van der Waals surface area contributed by atoms with Gasteiger partial charge in [-0.25, -0.2) is 0 Å². The van der Waals surface area contributed by atoms with Crippen molar-refractivity contribution in [2.75, 3.05) is 0 Å². The van der Waals surface area contributed by atoms with Crippen molar-refractivity contribution < 1.29 is 22.9 Å². The van der Waals surface area contributed by atoms with Gasteiger partial charge < -0.3 is 5.11 Å². The summed E-state index contributed by atoms with van der Waals surface area (Å²) >= 11 is 0. The minimum atomic E-state index is -4.24. The third-order valence-electron chi connectivity index (χ3n) is 3.22. The fourth-order valence-electron chi connectivity index (χ4n) is 2.08. The molecule has 0 aromatic heterocycles. The fourth-order valence-corrected chi connectivity index (χ4v) is 2.56. The average Bonchev–Trinajstić information content (AvgIpc) is 2.37. The highest BCUT2D eigenvalue weighted by atomic mass is 32.2. The molecule has 6 heteroatoms. The first-order valence-electron chi connectivity index (χ1n) is 6.66. The van der Waals surface area contributed by atoms with Crippen molar-refractivity contribution >= 4 is 16.1 Å². The minimum absolute atomic E-state index is 0.226. The topological polar surface area (TPSA) is 91.7 Å². The van der Waals surface area contributed by atoms with E-state index in [9.17, 15) is 18.3 Å². The summed E-state index contributed by atoms with van der Waals surface area (Å²) in [5, 5.41) is 9.24. The van der Waals surface area contributed by atoms with Gasteiger partial charge >= 0.3 is 5.97 Å². The van der Waals surface area contributed by atoms with Gasteiger partial charge in [0, 0.05) is 0 Å². The van der Waals surface area contributed by atoms with Gasteiger partial charge in [-0.05, 0) is 24.1 Å². The summed E-state index contributed by atoms with van der Waals surface area (Å²) in [4.78, 5) is 11.1. The number of rotatable bonds is 8. The molecule has 0 radical (unpaired) electrons. The number of unbranched alkanes of at least 4 members (excludes halogenated alkanes) is 3. The van der Waals surface area contributed by atoms with Crippen LogP contribution in [0.5, 0.6) is 0 Å². The predicted octanol–water partition coefficient (Wildman–Crippen LogP) is 3.07. The van der Waals surface area contributed by atoms with Gasteiger partial charge in [-0.1, -0.05) is 44.7 Å². The fraction of sp³-hybridized carbons (Fsp3) is 0.500. The molecule has 1 atom stereocenters. The Morgan fingerprint density at radius 1 is 1.15 bits per heavy atom. The van der Waals surface area contributed by atoms with Crippen LogP contribution < -0.4 is 0 Å². The van der Waals surface area contributed by atoms with Crippen molar-refractivity contribution in [1.29, 1.82) is 0 Å². The Balaban J connectivity index is 2.80. The maximum atomic E-state index is 11.3. The lowest BCUT2D eigenvalue weighted by atomic mass is 9.93. The van der Waals surface area contributed by atoms with E-state index in [1.54, 1.807) is 0 Å². The van der Waals surface area contributed by atoms with E-state index < -0.39 is 22.0 Å². The van der Waals surface area contributed by atoms with Gasteiger partial charge in [0.2, 0.25) is 0 Å². The molecule has 1 aromatic carbocycles. The summed E-state index contributed by atoms with van der Waals surface area (Å²) in [6, 6.07) is 5.35. The van der Waals surface area contributed by atoms with Crippen molar-refractivity contribution in [2.24, 2.45) is 0 Å². The van der Waals surface area contributed by atoms with E-state index >= 15 is 0 Å². The Bertz CT molecular complexity index is 533. The molecule has 1 unspecified atom stereocenters. The Morgan fingerprint density at radius 3 is 2.20 bits per heavy atom. The molecule has 0 saturated heterocycles. The lowest BCUT2D eigenvalue weighted by Gasteiger charge is -2.13. The zero-order valence-corrected chi connectivity index (χ0v) is 12.3. The molecule has 0 aliphatic carbocycles. The number of carboxylic acids is 1. The molecule has 1 aromatic rings. The molecule has 112 valence electrons. The molecule has 0 bridgehead atoms.